The minimum absolute atomic E-state index is 0.293. The molecule has 26 heavy (non-hydrogen) atoms. The molecule has 0 aromatic rings. The number of carbonyl (C=O) groups excluding carboxylic acids is 1. The van der Waals surface area contributed by atoms with Crippen LogP contribution in [0.25, 0.3) is 0 Å². The van der Waals surface area contributed by atoms with Gasteiger partial charge in [0.15, 0.2) is 0 Å². The van der Waals surface area contributed by atoms with E-state index in [0.29, 0.717) is 18.7 Å². The Morgan fingerprint density at radius 1 is 0.769 bits per heavy atom. The van der Waals surface area contributed by atoms with Crippen molar-refractivity contribution in [2.75, 3.05) is 5.88 Å². The molecule has 0 radical (unpaired) electrons. The number of rotatable bonds is 20. The lowest BCUT2D eigenvalue weighted by Gasteiger charge is -2.09. The van der Waals surface area contributed by atoms with Gasteiger partial charge in [0.05, 0.1) is 0 Å². The summed E-state index contributed by atoms with van der Waals surface area (Å²) in [5.74, 6) is 0.216. The molecule has 0 N–H and O–H groups in total. The van der Waals surface area contributed by atoms with Gasteiger partial charge in [-0.2, -0.15) is 0 Å². The first-order valence-electron chi connectivity index (χ1n) is 11.1. The van der Waals surface area contributed by atoms with Gasteiger partial charge in [0.1, 0.15) is 0 Å². The number of alkyl halides is 2. The van der Waals surface area contributed by atoms with Crippen molar-refractivity contribution in [3.63, 3.8) is 0 Å². The summed E-state index contributed by atoms with van der Waals surface area (Å²) in [6.45, 7) is 2.26. The summed E-state index contributed by atoms with van der Waals surface area (Å²) in [6.07, 6.45) is 18.2. The minimum Gasteiger partial charge on any atom is -0.431 e. The van der Waals surface area contributed by atoms with Crippen LogP contribution in [0.5, 0.6) is 0 Å². The molecule has 0 bridgehead atoms. The Labute approximate surface area is 166 Å². The second kappa shape index (κ2) is 21.0. The van der Waals surface area contributed by atoms with Crippen molar-refractivity contribution in [3.8, 4) is 0 Å². The molecular weight excluding hydrogens is 351 g/mol. The number of halogens is 2. The number of hydrogen-bond donors (Lipinski definition) is 0. The Bertz CT molecular complexity index is 300. The molecule has 0 spiro atoms. The fourth-order valence-corrected chi connectivity index (χ4v) is 3.31. The maximum atomic E-state index is 13.5. The van der Waals surface area contributed by atoms with E-state index < -0.39 is 12.3 Å². The Morgan fingerprint density at radius 2 is 1.23 bits per heavy atom. The van der Waals surface area contributed by atoms with Gasteiger partial charge in [0, 0.05) is 18.7 Å². The fraction of sp³-hybridized carbons (Fsp3) is 0.955. The second-order valence-corrected chi connectivity index (χ2v) is 7.81. The topological polar surface area (TPSA) is 26.3 Å². The third kappa shape index (κ3) is 20.0. The molecule has 0 aliphatic rings. The van der Waals surface area contributed by atoms with E-state index in [1.807, 2.05) is 0 Å². The predicted molar refractivity (Wildman–Crippen MR) is 110 cm³/mol. The summed E-state index contributed by atoms with van der Waals surface area (Å²) in [4.78, 5) is 11.6. The smallest absolute Gasteiger partial charge is 0.308 e. The van der Waals surface area contributed by atoms with Crippen molar-refractivity contribution in [1.29, 1.82) is 0 Å². The van der Waals surface area contributed by atoms with Crippen LogP contribution in [-0.2, 0) is 9.53 Å². The van der Waals surface area contributed by atoms with E-state index in [-0.39, 0.29) is 0 Å². The van der Waals surface area contributed by atoms with Crippen LogP contribution in [0.1, 0.15) is 122 Å². The van der Waals surface area contributed by atoms with Gasteiger partial charge in [-0.1, -0.05) is 90.4 Å². The minimum atomic E-state index is -1.44. The first-order chi connectivity index (χ1) is 12.7. The lowest BCUT2D eigenvalue weighted by atomic mass is 10.0. The van der Waals surface area contributed by atoms with Crippen LogP contribution in [-0.4, -0.2) is 18.2 Å². The summed E-state index contributed by atoms with van der Waals surface area (Å²) in [5, 5.41) is 0. The molecule has 0 saturated carbocycles. The van der Waals surface area contributed by atoms with E-state index in [2.05, 4.69) is 6.92 Å². The van der Waals surface area contributed by atoms with Gasteiger partial charge in [-0.15, -0.1) is 11.6 Å². The number of hydrogen-bond acceptors (Lipinski definition) is 2. The zero-order valence-electron chi connectivity index (χ0n) is 17.1. The average Bonchev–Trinajstić information content (AvgIpc) is 2.62. The van der Waals surface area contributed by atoms with Crippen LogP contribution in [0.3, 0.4) is 0 Å². The van der Waals surface area contributed by atoms with Crippen molar-refractivity contribution < 1.29 is 13.9 Å². The number of esters is 1. The van der Waals surface area contributed by atoms with Crippen molar-refractivity contribution in [2.45, 2.75) is 129 Å². The monoisotopic (exact) mass is 392 g/mol. The zero-order chi connectivity index (χ0) is 19.3. The summed E-state index contributed by atoms with van der Waals surface area (Å²) < 4.78 is 18.3. The average molecular weight is 393 g/mol. The molecule has 0 heterocycles. The summed E-state index contributed by atoms with van der Waals surface area (Å²) >= 11 is 5.57. The molecule has 4 heteroatoms. The van der Waals surface area contributed by atoms with E-state index in [9.17, 15) is 9.18 Å². The highest BCUT2D eigenvalue weighted by molar-refractivity contribution is 6.17. The summed E-state index contributed by atoms with van der Waals surface area (Å²) in [5.41, 5.74) is 0. The Morgan fingerprint density at radius 3 is 1.73 bits per heavy atom. The molecule has 0 aromatic heterocycles. The largest absolute Gasteiger partial charge is 0.431 e. The maximum Gasteiger partial charge on any atom is 0.308 e. The van der Waals surface area contributed by atoms with E-state index in [1.165, 1.54) is 70.6 Å². The lowest BCUT2D eigenvalue weighted by molar-refractivity contribution is -0.158. The van der Waals surface area contributed by atoms with Crippen LogP contribution >= 0.6 is 11.6 Å². The molecule has 0 amide bonds. The third-order valence-electron chi connectivity index (χ3n) is 4.81. The van der Waals surface area contributed by atoms with E-state index in [4.69, 9.17) is 16.3 Å². The molecule has 1 unspecified atom stereocenters. The van der Waals surface area contributed by atoms with Crippen LogP contribution in [0.2, 0.25) is 0 Å². The Hall–Kier alpha value is -0.310. The lowest BCUT2D eigenvalue weighted by Crippen LogP contribution is -2.13. The molecule has 156 valence electrons. The van der Waals surface area contributed by atoms with Crippen LogP contribution in [0, 0.1) is 0 Å². The first-order valence-corrected chi connectivity index (χ1v) is 11.6. The van der Waals surface area contributed by atoms with Crippen LogP contribution < -0.4 is 0 Å². The molecule has 0 fully saturated rings. The maximum absolute atomic E-state index is 13.5. The highest BCUT2D eigenvalue weighted by Crippen LogP contribution is 2.14. The highest BCUT2D eigenvalue weighted by Gasteiger charge is 2.12. The van der Waals surface area contributed by atoms with Crippen molar-refractivity contribution in [3.05, 3.63) is 0 Å². The van der Waals surface area contributed by atoms with Gasteiger partial charge in [-0.3, -0.25) is 4.79 Å². The Kier molecular flexibility index (Phi) is 20.7. The summed E-state index contributed by atoms with van der Waals surface area (Å²) in [7, 11) is 0. The molecule has 0 saturated heterocycles. The molecule has 0 rings (SSSR count). The van der Waals surface area contributed by atoms with E-state index in [1.54, 1.807) is 0 Å². The third-order valence-corrected chi connectivity index (χ3v) is 5.08. The standard InChI is InChI=1S/C22H42ClFO2/c1-2-3-4-5-6-7-8-9-10-11-12-13-16-19-22(25)26-21(24)18-15-14-17-20-23/h21H,2-20H2,1H3. The van der Waals surface area contributed by atoms with Gasteiger partial charge < -0.3 is 4.74 Å². The van der Waals surface area contributed by atoms with E-state index >= 15 is 0 Å². The predicted octanol–water partition coefficient (Wildman–Crippen LogP) is 8.11. The van der Waals surface area contributed by atoms with Gasteiger partial charge in [0.2, 0.25) is 6.36 Å². The second-order valence-electron chi connectivity index (χ2n) is 7.43. The first kappa shape index (κ1) is 25.7. The van der Waals surface area contributed by atoms with Crippen molar-refractivity contribution >= 4 is 17.6 Å². The molecule has 2 nitrogen and oxygen atoms in total. The van der Waals surface area contributed by atoms with Gasteiger partial charge >= 0.3 is 5.97 Å². The number of ether oxygens (including phenoxy) is 1. The van der Waals surface area contributed by atoms with Crippen molar-refractivity contribution in [1.82, 2.24) is 0 Å². The highest BCUT2D eigenvalue weighted by atomic mass is 35.5. The van der Waals surface area contributed by atoms with Crippen LogP contribution in [0.15, 0.2) is 0 Å². The van der Waals surface area contributed by atoms with Gasteiger partial charge in [-0.05, 0) is 19.3 Å². The molecule has 0 aliphatic carbocycles. The molecule has 1 atom stereocenters. The van der Waals surface area contributed by atoms with Crippen LogP contribution in [0.4, 0.5) is 4.39 Å². The summed E-state index contributed by atoms with van der Waals surface area (Å²) in [6, 6.07) is 0. The number of carbonyl (C=O) groups is 1. The van der Waals surface area contributed by atoms with Crippen molar-refractivity contribution in [2.24, 2.45) is 0 Å². The van der Waals surface area contributed by atoms with E-state index in [0.717, 1.165) is 32.1 Å². The molecule has 0 aliphatic heterocycles. The fourth-order valence-electron chi connectivity index (χ4n) is 3.12. The zero-order valence-corrected chi connectivity index (χ0v) is 17.8. The van der Waals surface area contributed by atoms with Gasteiger partial charge in [0.25, 0.3) is 0 Å². The SMILES string of the molecule is CCCCCCCCCCCCCCCC(=O)OC(F)CCCCCCl. The van der Waals surface area contributed by atoms with Gasteiger partial charge in [-0.25, -0.2) is 4.39 Å². The quantitative estimate of drug-likeness (QED) is 0.119. The number of unbranched alkanes of at least 4 members (excludes halogenated alkanes) is 14. The molecule has 0 aromatic carbocycles. The normalized spacial score (nSPS) is 12.3. The molecular formula is C22H42ClFO2. The Balaban J connectivity index is 3.25.